The Balaban J connectivity index is 2.96. The maximum absolute atomic E-state index is 12.1. The Morgan fingerprint density at radius 3 is 2.50 bits per heavy atom. The molecular weight excluding hydrogens is 266 g/mol. The summed E-state index contributed by atoms with van der Waals surface area (Å²) in [6.45, 7) is 5.14. The minimum Gasteiger partial charge on any atom is -0.481 e. The monoisotopic (exact) mass is 283 g/mol. The van der Waals surface area contributed by atoms with Crippen molar-refractivity contribution in [1.82, 2.24) is 9.88 Å². The summed E-state index contributed by atoms with van der Waals surface area (Å²) in [6.07, 6.45) is 1.08. The highest BCUT2D eigenvalue weighted by Crippen LogP contribution is 2.20. The molecule has 0 radical (unpaired) electrons. The maximum Gasteiger partial charge on any atom is 0.305 e. The minimum atomic E-state index is -1.02. The predicted octanol–water partition coefficient (Wildman–Crippen LogP) is 1.57. The largest absolute Gasteiger partial charge is 0.481 e. The van der Waals surface area contributed by atoms with E-state index in [0.717, 1.165) is 0 Å². The number of carbonyl (C=O) groups excluding carboxylic acids is 1. The Kier molecular flexibility index (Phi) is 4.84. The van der Waals surface area contributed by atoms with Gasteiger partial charge in [-0.25, -0.2) is 0 Å². The zero-order valence-corrected chi connectivity index (χ0v) is 11.5. The van der Waals surface area contributed by atoms with Gasteiger partial charge in [0.15, 0.2) is 0 Å². The number of aromatic nitrogens is 1. The second-order valence-corrected chi connectivity index (χ2v) is 4.81. The van der Waals surface area contributed by atoms with Crippen molar-refractivity contribution in [3.8, 4) is 0 Å². The lowest BCUT2D eigenvalue weighted by Gasteiger charge is -2.15. The van der Waals surface area contributed by atoms with Gasteiger partial charge in [-0.15, -0.1) is 0 Å². The van der Waals surface area contributed by atoms with Crippen LogP contribution in [0.15, 0.2) is 12.3 Å². The summed E-state index contributed by atoms with van der Waals surface area (Å²) >= 11 is 0. The molecule has 0 saturated heterocycles. The van der Waals surface area contributed by atoms with Gasteiger partial charge in [0.25, 0.3) is 11.6 Å². The molecule has 0 fully saturated rings. The van der Waals surface area contributed by atoms with Gasteiger partial charge in [-0.05, 0) is 20.8 Å². The van der Waals surface area contributed by atoms with Crippen molar-refractivity contribution in [2.24, 2.45) is 0 Å². The highest BCUT2D eigenvalue weighted by atomic mass is 16.6. The number of nitro groups is 1. The van der Waals surface area contributed by atoms with Crippen LogP contribution in [0.1, 0.15) is 43.7 Å². The number of carboxylic acid groups (broad SMARTS) is 1. The van der Waals surface area contributed by atoms with Gasteiger partial charge in [-0.2, -0.15) is 0 Å². The highest BCUT2D eigenvalue weighted by molar-refractivity contribution is 5.94. The summed E-state index contributed by atoms with van der Waals surface area (Å²) in [5, 5.41) is 21.9. The van der Waals surface area contributed by atoms with Gasteiger partial charge in [-0.3, -0.25) is 19.7 Å². The third kappa shape index (κ3) is 3.81. The second kappa shape index (κ2) is 6.18. The van der Waals surface area contributed by atoms with Crippen LogP contribution in [0.2, 0.25) is 0 Å². The summed E-state index contributed by atoms with van der Waals surface area (Å²) in [5.74, 6) is -1.55. The molecule has 20 heavy (non-hydrogen) atoms. The summed E-state index contributed by atoms with van der Waals surface area (Å²) in [6, 6.07) is 0.497. The van der Waals surface area contributed by atoms with E-state index >= 15 is 0 Å². The number of amides is 1. The van der Waals surface area contributed by atoms with E-state index in [0.29, 0.717) is 0 Å². The van der Waals surface area contributed by atoms with E-state index in [9.17, 15) is 19.7 Å². The van der Waals surface area contributed by atoms with Crippen molar-refractivity contribution >= 4 is 17.6 Å². The predicted molar refractivity (Wildman–Crippen MR) is 70.7 cm³/mol. The van der Waals surface area contributed by atoms with Crippen molar-refractivity contribution in [1.29, 1.82) is 0 Å². The molecule has 1 rings (SSSR count). The Morgan fingerprint density at radius 2 is 2.05 bits per heavy atom. The molecule has 0 aromatic carbocycles. The summed E-state index contributed by atoms with van der Waals surface area (Å²) < 4.78 is 1.49. The molecule has 0 aliphatic rings. The molecule has 8 nitrogen and oxygen atoms in total. The van der Waals surface area contributed by atoms with Crippen molar-refractivity contribution < 1.29 is 19.6 Å². The molecule has 0 aliphatic carbocycles. The van der Waals surface area contributed by atoms with Gasteiger partial charge in [0.05, 0.1) is 17.5 Å². The van der Waals surface area contributed by atoms with Crippen molar-refractivity contribution in [2.45, 2.75) is 39.3 Å². The number of carboxylic acids is 1. The van der Waals surface area contributed by atoms with E-state index in [1.54, 1.807) is 20.8 Å². The fourth-order valence-electron chi connectivity index (χ4n) is 1.78. The molecule has 8 heteroatoms. The topological polar surface area (TPSA) is 114 Å². The molecule has 0 saturated carbocycles. The minimum absolute atomic E-state index is 0.126. The molecule has 1 aromatic heterocycles. The van der Waals surface area contributed by atoms with Crippen LogP contribution in [0.5, 0.6) is 0 Å². The van der Waals surface area contributed by atoms with Crippen LogP contribution >= 0.6 is 0 Å². The fourth-order valence-corrected chi connectivity index (χ4v) is 1.78. The van der Waals surface area contributed by atoms with Crippen LogP contribution in [0.4, 0.5) is 5.69 Å². The number of hydrogen-bond donors (Lipinski definition) is 2. The first-order valence-corrected chi connectivity index (χ1v) is 6.11. The number of nitrogens with one attached hydrogen (secondary N) is 1. The Bertz CT molecular complexity index is 535. The van der Waals surface area contributed by atoms with E-state index in [2.05, 4.69) is 5.32 Å². The molecule has 1 amide bonds. The number of rotatable bonds is 6. The number of nitrogens with zero attached hydrogens (tertiary/aromatic N) is 2. The zero-order chi connectivity index (χ0) is 15.4. The first-order valence-electron chi connectivity index (χ1n) is 6.11. The van der Waals surface area contributed by atoms with Crippen molar-refractivity contribution in [3.63, 3.8) is 0 Å². The van der Waals surface area contributed by atoms with E-state index in [4.69, 9.17) is 5.11 Å². The molecule has 0 bridgehead atoms. The Labute approximate surface area is 115 Å². The average Bonchev–Trinajstić information content (AvgIpc) is 2.72. The summed E-state index contributed by atoms with van der Waals surface area (Å²) in [7, 11) is 0. The van der Waals surface area contributed by atoms with Crippen LogP contribution in [0.25, 0.3) is 0 Å². The van der Waals surface area contributed by atoms with Crippen LogP contribution in [-0.2, 0) is 4.79 Å². The van der Waals surface area contributed by atoms with Crippen LogP contribution in [0, 0.1) is 10.1 Å². The molecule has 110 valence electrons. The van der Waals surface area contributed by atoms with Crippen molar-refractivity contribution in [3.05, 3.63) is 28.1 Å². The molecule has 1 atom stereocenters. The Morgan fingerprint density at radius 1 is 1.45 bits per heavy atom. The van der Waals surface area contributed by atoms with Gasteiger partial charge < -0.3 is 15.0 Å². The van der Waals surface area contributed by atoms with Crippen LogP contribution in [0.3, 0.4) is 0 Å². The SMILES string of the molecule is CC(CC(=O)O)NC(=O)c1cc([N+](=O)[O-])cn1C(C)C. The van der Waals surface area contributed by atoms with E-state index in [1.165, 1.54) is 16.8 Å². The second-order valence-electron chi connectivity index (χ2n) is 4.81. The third-order valence-corrected chi connectivity index (χ3v) is 2.69. The number of aliphatic carboxylic acids is 1. The standard InChI is InChI=1S/C12H17N3O5/c1-7(2)14-6-9(15(19)20)5-10(14)12(18)13-8(3)4-11(16)17/h5-8H,4H2,1-3H3,(H,13,18)(H,16,17). The zero-order valence-electron chi connectivity index (χ0n) is 11.5. The molecule has 0 aliphatic heterocycles. The molecule has 1 aromatic rings. The van der Waals surface area contributed by atoms with Gasteiger partial charge >= 0.3 is 5.97 Å². The van der Waals surface area contributed by atoms with E-state index in [1.807, 2.05) is 0 Å². The Hall–Kier alpha value is -2.38. The fraction of sp³-hybridized carbons (Fsp3) is 0.500. The smallest absolute Gasteiger partial charge is 0.305 e. The van der Waals surface area contributed by atoms with Gasteiger partial charge in [-0.1, -0.05) is 0 Å². The first kappa shape index (κ1) is 15.7. The highest BCUT2D eigenvalue weighted by Gasteiger charge is 2.22. The quantitative estimate of drug-likeness (QED) is 0.607. The first-order chi connectivity index (χ1) is 9.22. The summed E-state index contributed by atoms with van der Waals surface area (Å²) in [4.78, 5) is 32.8. The van der Waals surface area contributed by atoms with Gasteiger partial charge in [0, 0.05) is 18.2 Å². The molecule has 0 spiro atoms. The lowest BCUT2D eigenvalue weighted by molar-refractivity contribution is -0.384. The van der Waals surface area contributed by atoms with Gasteiger partial charge in [0.1, 0.15) is 5.69 Å². The number of hydrogen-bond acceptors (Lipinski definition) is 4. The average molecular weight is 283 g/mol. The lowest BCUT2D eigenvalue weighted by atomic mass is 10.2. The molecule has 2 N–H and O–H groups in total. The number of carbonyl (C=O) groups is 2. The normalized spacial score (nSPS) is 12.2. The van der Waals surface area contributed by atoms with Crippen molar-refractivity contribution in [2.75, 3.05) is 0 Å². The van der Waals surface area contributed by atoms with Crippen LogP contribution in [-0.4, -0.2) is 32.5 Å². The van der Waals surface area contributed by atoms with Gasteiger partial charge in [0.2, 0.25) is 0 Å². The lowest BCUT2D eigenvalue weighted by Crippen LogP contribution is -2.35. The van der Waals surface area contributed by atoms with Crippen LogP contribution < -0.4 is 5.32 Å². The van der Waals surface area contributed by atoms with E-state index in [-0.39, 0.29) is 23.8 Å². The summed E-state index contributed by atoms with van der Waals surface area (Å²) in [5.41, 5.74) is -0.0290. The molecule has 1 unspecified atom stereocenters. The maximum atomic E-state index is 12.1. The van der Waals surface area contributed by atoms with E-state index < -0.39 is 22.8 Å². The molecule has 1 heterocycles. The third-order valence-electron chi connectivity index (χ3n) is 2.69. The molecular formula is C12H17N3O5.